The highest BCUT2D eigenvalue weighted by molar-refractivity contribution is 7.80. The van der Waals surface area contributed by atoms with Crippen LogP contribution in [0.2, 0.25) is 0 Å². The molecule has 0 spiro atoms. The number of thiol groups is 1. The van der Waals surface area contributed by atoms with Gasteiger partial charge in [-0.3, -0.25) is 4.79 Å². The first kappa shape index (κ1) is 41.3. The minimum Gasteiger partial charge on any atom is -0.491 e. The van der Waals surface area contributed by atoms with E-state index in [4.69, 9.17) is 9.84 Å². The van der Waals surface area contributed by atoms with E-state index in [0.29, 0.717) is 17.1 Å². The number of nitrogens with two attached hydrogens (primary N) is 1. The van der Waals surface area contributed by atoms with Crippen molar-refractivity contribution in [2.75, 3.05) is 31.7 Å². The fourth-order valence-electron chi connectivity index (χ4n) is 5.12. The molecular formula is C38H62N2O3S. The topological polar surface area (TPSA) is 75.8 Å². The molecule has 1 heterocycles. The van der Waals surface area contributed by atoms with E-state index in [9.17, 15) is 4.79 Å². The van der Waals surface area contributed by atoms with Crippen LogP contribution in [0, 0.1) is 17.8 Å². The van der Waals surface area contributed by atoms with Gasteiger partial charge in [-0.25, -0.2) is 0 Å². The van der Waals surface area contributed by atoms with Crippen LogP contribution in [0.15, 0.2) is 73.8 Å². The molecule has 0 aliphatic carbocycles. The Bertz CT molecular complexity index is 1040. The summed E-state index contributed by atoms with van der Waals surface area (Å²) in [6.45, 7) is 19.4. The lowest BCUT2D eigenvalue weighted by Crippen LogP contribution is -2.31. The summed E-state index contributed by atoms with van der Waals surface area (Å²) < 4.78 is 6.33. The number of amides is 1. The fourth-order valence-corrected chi connectivity index (χ4v) is 5.24. The predicted octanol–water partition coefficient (Wildman–Crippen LogP) is 8.70. The summed E-state index contributed by atoms with van der Waals surface area (Å²) in [6.07, 6.45) is 14.3. The first-order valence-corrected chi connectivity index (χ1v) is 16.8. The lowest BCUT2D eigenvalue weighted by molar-refractivity contribution is -0.115. The number of carbonyl (C=O) groups is 1. The van der Waals surface area contributed by atoms with Crippen LogP contribution in [-0.4, -0.2) is 43.1 Å². The van der Waals surface area contributed by atoms with Crippen molar-refractivity contribution < 1.29 is 14.6 Å². The minimum absolute atomic E-state index is 0.333. The maximum atomic E-state index is 9.22. The van der Waals surface area contributed by atoms with E-state index in [2.05, 4.69) is 125 Å². The molecule has 4 atom stereocenters. The smallest absolute Gasteiger partial charge is 0.214 e. The molecule has 5 nitrogen and oxygen atoms in total. The van der Waals surface area contributed by atoms with Gasteiger partial charge >= 0.3 is 0 Å². The number of fused-ring (bicyclic) bond motifs is 1. The van der Waals surface area contributed by atoms with Gasteiger partial charge in [0.1, 0.15) is 5.75 Å². The number of anilines is 1. The van der Waals surface area contributed by atoms with Crippen molar-refractivity contribution in [3.05, 3.63) is 85.0 Å². The number of benzene rings is 2. The zero-order valence-electron chi connectivity index (χ0n) is 28.5. The van der Waals surface area contributed by atoms with E-state index in [1.807, 2.05) is 0 Å². The first-order chi connectivity index (χ1) is 21.2. The van der Waals surface area contributed by atoms with Crippen LogP contribution in [0.25, 0.3) is 0 Å². The SMILES string of the molecule is C=C.CC(N)=O.CCc1cccc(CCCC2COc3ccccc3N(CC[C@@H](CC)C/C=C/C[C@H](C)[C@@H](C)S)C2)c1.CO. The standard InChI is InChI=1S/C33H49NOS.C2H5NO.C2H4.CH4O/c1-5-28(14-8-7-13-26(3)27(4)36)21-22-34-24-31(25-35-33-20-10-9-19-32(33)34)18-12-17-30-16-11-15-29(6-2)23-30;1-2(3)4;2*1-2/h7-11,15-16,19-20,23,26-28,31,36H,5-6,12-14,17-18,21-22,24-25H2,1-4H3;1H3,(H2,3,4);1-2H2;2H,1H3/b8-7+;;;/t26-,27+,28-,31?;;;/m0.../s1. The van der Waals surface area contributed by atoms with Crippen LogP contribution in [0.3, 0.4) is 0 Å². The third-order valence-corrected chi connectivity index (χ3v) is 8.50. The number of aryl methyl sites for hydroxylation is 2. The number of hydrogen-bond acceptors (Lipinski definition) is 5. The summed E-state index contributed by atoms with van der Waals surface area (Å²) in [7, 11) is 1.00. The molecule has 0 bridgehead atoms. The number of aliphatic hydroxyl groups excluding tert-OH is 1. The molecule has 3 N–H and O–H groups in total. The van der Waals surface area contributed by atoms with Crippen LogP contribution in [0.4, 0.5) is 5.69 Å². The largest absolute Gasteiger partial charge is 0.491 e. The highest BCUT2D eigenvalue weighted by Gasteiger charge is 2.23. The normalized spacial score (nSPS) is 15.8. The second-order valence-corrected chi connectivity index (χ2v) is 12.3. The van der Waals surface area contributed by atoms with Crippen molar-refractivity contribution in [2.45, 2.75) is 91.2 Å². The number of allylic oxidation sites excluding steroid dienone is 2. The second kappa shape index (κ2) is 25.6. The molecule has 6 heteroatoms. The van der Waals surface area contributed by atoms with Gasteiger partial charge in [-0.2, -0.15) is 12.6 Å². The molecule has 3 rings (SSSR count). The average Bonchev–Trinajstić information content (AvgIpc) is 3.21. The minimum atomic E-state index is -0.333. The van der Waals surface area contributed by atoms with Crippen LogP contribution in [0.5, 0.6) is 5.75 Å². The van der Waals surface area contributed by atoms with Crippen LogP contribution >= 0.6 is 12.6 Å². The Balaban J connectivity index is 0.00000210. The Morgan fingerprint density at radius 2 is 1.73 bits per heavy atom. The van der Waals surface area contributed by atoms with Crippen molar-refractivity contribution in [1.82, 2.24) is 0 Å². The lowest BCUT2D eigenvalue weighted by atomic mass is 9.95. The Morgan fingerprint density at radius 1 is 1.09 bits per heavy atom. The molecule has 0 fully saturated rings. The number of carbonyl (C=O) groups excluding carboxylic acids is 1. The van der Waals surface area contributed by atoms with Gasteiger partial charge in [-0.15, -0.1) is 13.2 Å². The van der Waals surface area contributed by atoms with Gasteiger partial charge in [-0.05, 0) is 80.0 Å². The fraction of sp³-hybridized carbons (Fsp3) is 0.553. The number of aliphatic hydroxyl groups is 1. The van der Waals surface area contributed by atoms with Crippen LogP contribution in [0.1, 0.15) is 84.3 Å². The molecule has 1 unspecified atom stereocenters. The molecule has 2 aromatic carbocycles. The molecule has 1 aliphatic heterocycles. The zero-order chi connectivity index (χ0) is 33.3. The van der Waals surface area contributed by atoms with Gasteiger partial charge in [0, 0.05) is 38.3 Å². The van der Waals surface area contributed by atoms with Crippen molar-refractivity contribution in [2.24, 2.45) is 23.5 Å². The predicted molar refractivity (Wildman–Crippen MR) is 195 cm³/mol. The third kappa shape index (κ3) is 17.6. The van der Waals surface area contributed by atoms with Crippen molar-refractivity contribution in [1.29, 1.82) is 0 Å². The quantitative estimate of drug-likeness (QED) is 0.145. The Morgan fingerprint density at radius 3 is 2.36 bits per heavy atom. The highest BCUT2D eigenvalue weighted by atomic mass is 32.1. The molecule has 1 aliphatic rings. The first-order valence-electron chi connectivity index (χ1n) is 16.3. The second-order valence-electron chi connectivity index (χ2n) is 11.5. The van der Waals surface area contributed by atoms with E-state index < -0.39 is 0 Å². The number of nitrogens with zero attached hydrogens (tertiary/aromatic N) is 1. The molecule has 0 saturated carbocycles. The summed E-state index contributed by atoms with van der Waals surface area (Å²) in [4.78, 5) is 11.8. The summed E-state index contributed by atoms with van der Waals surface area (Å²) in [5.41, 5.74) is 8.66. The van der Waals surface area contributed by atoms with Crippen LogP contribution < -0.4 is 15.4 Å². The average molecular weight is 627 g/mol. The number of ether oxygens (including phenoxy) is 1. The van der Waals surface area contributed by atoms with Crippen LogP contribution in [-0.2, 0) is 17.6 Å². The Hall–Kier alpha value is -2.70. The van der Waals surface area contributed by atoms with Gasteiger partial charge in [0.05, 0.1) is 12.3 Å². The molecule has 0 radical (unpaired) electrons. The Kier molecular flexibility index (Phi) is 24.0. The van der Waals surface area contributed by atoms with E-state index in [1.54, 1.807) is 0 Å². The zero-order valence-corrected chi connectivity index (χ0v) is 29.4. The maximum absolute atomic E-state index is 9.22. The van der Waals surface area contributed by atoms with E-state index in [-0.39, 0.29) is 5.91 Å². The van der Waals surface area contributed by atoms with Gasteiger partial charge in [0.2, 0.25) is 5.91 Å². The summed E-state index contributed by atoms with van der Waals surface area (Å²) in [6, 6.07) is 17.8. The van der Waals surface area contributed by atoms with Gasteiger partial charge in [-0.1, -0.05) is 82.7 Å². The third-order valence-electron chi connectivity index (χ3n) is 7.99. The summed E-state index contributed by atoms with van der Waals surface area (Å²) in [5, 5.41) is 7.45. The lowest BCUT2D eigenvalue weighted by Gasteiger charge is -2.28. The van der Waals surface area contributed by atoms with E-state index in [0.717, 1.165) is 57.7 Å². The number of primary amides is 1. The molecule has 44 heavy (non-hydrogen) atoms. The molecule has 248 valence electrons. The van der Waals surface area contributed by atoms with E-state index >= 15 is 0 Å². The Labute approximate surface area is 275 Å². The van der Waals surface area contributed by atoms with Gasteiger partial charge in [0.25, 0.3) is 0 Å². The molecule has 1 amide bonds. The van der Waals surface area contributed by atoms with Gasteiger partial charge in [0.15, 0.2) is 0 Å². The van der Waals surface area contributed by atoms with Gasteiger partial charge < -0.3 is 20.5 Å². The molecule has 2 aromatic rings. The molecule has 0 saturated heterocycles. The van der Waals surface area contributed by atoms with Crippen molar-refractivity contribution >= 4 is 24.2 Å². The maximum Gasteiger partial charge on any atom is 0.214 e. The summed E-state index contributed by atoms with van der Waals surface area (Å²) in [5.74, 6) is 2.64. The van der Waals surface area contributed by atoms with Crippen molar-refractivity contribution in [3.8, 4) is 5.75 Å². The summed E-state index contributed by atoms with van der Waals surface area (Å²) >= 11 is 4.58. The van der Waals surface area contributed by atoms with E-state index in [1.165, 1.54) is 55.8 Å². The number of rotatable bonds is 14. The molecule has 0 aromatic heterocycles. The monoisotopic (exact) mass is 626 g/mol. The molecular weight excluding hydrogens is 564 g/mol. The number of para-hydroxylation sites is 2. The van der Waals surface area contributed by atoms with Crippen molar-refractivity contribution in [3.63, 3.8) is 0 Å². The highest BCUT2D eigenvalue weighted by Crippen LogP contribution is 2.33. The number of hydrogen-bond donors (Lipinski definition) is 3.